The number of aromatic nitrogens is 2. The lowest BCUT2D eigenvalue weighted by Gasteiger charge is -2.12. The summed E-state index contributed by atoms with van der Waals surface area (Å²) in [5, 5.41) is 0.661. The fraction of sp³-hybridized carbons (Fsp3) is 0.263. The molecule has 2 heterocycles. The number of pyridine rings is 1. The average molecular weight is 358 g/mol. The predicted molar refractivity (Wildman–Crippen MR) is 98.7 cm³/mol. The summed E-state index contributed by atoms with van der Waals surface area (Å²) in [6, 6.07) is 10.7. The Morgan fingerprint density at radius 3 is 2.72 bits per heavy atom. The summed E-state index contributed by atoms with van der Waals surface area (Å²) in [6.07, 6.45) is 2.27. The van der Waals surface area contributed by atoms with E-state index in [-0.39, 0.29) is 0 Å². The lowest BCUT2D eigenvalue weighted by atomic mass is 10.1. The van der Waals surface area contributed by atoms with Gasteiger partial charge in [-0.25, -0.2) is 4.98 Å². The number of fused-ring (bicyclic) bond motifs is 1. The summed E-state index contributed by atoms with van der Waals surface area (Å²) in [6.45, 7) is 4.08. The Bertz CT molecular complexity index is 903. The van der Waals surface area contributed by atoms with Crippen molar-refractivity contribution in [3.8, 4) is 11.3 Å². The van der Waals surface area contributed by atoms with Gasteiger partial charge >= 0.3 is 5.97 Å². The van der Waals surface area contributed by atoms with Gasteiger partial charge in [0.15, 0.2) is 0 Å². The van der Waals surface area contributed by atoms with Gasteiger partial charge in [0.25, 0.3) is 0 Å². The molecule has 0 amide bonds. The Balaban J connectivity index is 2.10. The van der Waals surface area contributed by atoms with Crippen molar-refractivity contribution in [2.75, 3.05) is 6.61 Å². The van der Waals surface area contributed by atoms with Gasteiger partial charge in [-0.1, -0.05) is 29.8 Å². The van der Waals surface area contributed by atoms with E-state index >= 15 is 0 Å². The van der Waals surface area contributed by atoms with E-state index in [2.05, 4.69) is 0 Å². The molecule has 6 heteroatoms. The fourth-order valence-electron chi connectivity index (χ4n) is 2.83. The fourth-order valence-corrected chi connectivity index (χ4v) is 2.95. The monoisotopic (exact) mass is 357 g/mol. The molecular weight excluding hydrogens is 338 g/mol. The lowest BCUT2D eigenvalue weighted by molar-refractivity contribution is -0.144. The highest BCUT2D eigenvalue weighted by molar-refractivity contribution is 6.30. The maximum atomic E-state index is 12.0. The standard InChI is InChI=1S/C19H20ClN3O2/c1-3-25-19(24)15(21)11-16-17(13-6-8-14(20)9-7-13)22-18-12(2)5-4-10-23(16)18/h4-10,15H,3,11,21H2,1-2H3. The zero-order valence-corrected chi connectivity index (χ0v) is 15.0. The molecular formula is C19H20ClN3O2. The molecule has 25 heavy (non-hydrogen) atoms. The first-order valence-corrected chi connectivity index (χ1v) is 8.53. The van der Waals surface area contributed by atoms with Crippen molar-refractivity contribution in [1.82, 2.24) is 9.38 Å². The highest BCUT2D eigenvalue weighted by atomic mass is 35.5. The van der Waals surface area contributed by atoms with Gasteiger partial charge < -0.3 is 14.9 Å². The minimum absolute atomic E-state index is 0.308. The van der Waals surface area contributed by atoms with E-state index in [1.165, 1.54) is 0 Å². The number of nitrogens with zero attached hydrogens (tertiary/aromatic N) is 2. The van der Waals surface area contributed by atoms with Crippen LogP contribution in [0.3, 0.4) is 0 Å². The molecule has 0 aliphatic rings. The van der Waals surface area contributed by atoms with Crippen LogP contribution in [0, 0.1) is 6.92 Å². The summed E-state index contributed by atoms with van der Waals surface area (Å²) in [5.41, 5.74) is 10.6. The molecule has 0 aliphatic heterocycles. The van der Waals surface area contributed by atoms with Crippen molar-refractivity contribution in [3.63, 3.8) is 0 Å². The van der Waals surface area contributed by atoms with Gasteiger partial charge in [0.2, 0.25) is 0 Å². The van der Waals surface area contributed by atoms with Gasteiger partial charge in [0.05, 0.1) is 18.0 Å². The highest BCUT2D eigenvalue weighted by Crippen LogP contribution is 2.27. The minimum atomic E-state index is -0.744. The van der Waals surface area contributed by atoms with Crippen LogP contribution in [0.2, 0.25) is 5.02 Å². The average Bonchev–Trinajstić information content (AvgIpc) is 2.96. The second kappa shape index (κ2) is 7.25. The third-order valence-corrected chi connectivity index (χ3v) is 4.32. The van der Waals surface area contributed by atoms with Crippen molar-refractivity contribution < 1.29 is 9.53 Å². The molecule has 2 aromatic heterocycles. The molecule has 0 bridgehead atoms. The quantitative estimate of drug-likeness (QED) is 0.710. The number of carbonyl (C=O) groups excluding carboxylic acids is 1. The molecule has 1 atom stereocenters. The number of ether oxygens (including phenoxy) is 1. The smallest absolute Gasteiger partial charge is 0.323 e. The number of carbonyl (C=O) groups is 1. The third-order valence-electron chi connectivity index (χ3n) is 4.06. The number of benzene rings is 1. The van der Waals surface area contributed by atoms with Crippen LogP contribution < -0.4 is 5.73 Å². The predicted octanol–water partition coefficient (Wildman–Crippen LogP) is 3.40. The SMILES string of the molecule is CCOC(=O)C(N)Cc1c(-c2ccc(Cl)cc2)nc2c(C)cccn12. The Morgan fingerprint density at radius 2 is 2.04 bits per heavy atom. The minimum Gasteiger partial charge on any atom is -0.465 e. The van der Waals surface area contributed by atoms with Crippen LogP contribution in [0.5, 0.6) is 0 Å². The molecule has 2 N–H and O–H groups in total. The zero-order chi connectivity index (χ0) is 18.0. The number of esters is 1. The Labute approximate surface area is 151 Å². The molecule has 0 spiro atoms. The van der Waals surface area contributed by atoms with Crippen LogP contribution in [0.15, 0.2) is 42.6 Å². The van der Waals surface area contributed by atoms with Crippen molar-refractivity contribution in [1.29, 1.82) is 0 Å². The van der Waals surface area contributed by atoms with Crippen LogP contribution in [0.1, 0.15) is 18.2 Å². The Morgan fingerprint density at radius 1 is 1.32 bits per heavy atom. The van der Waals surface area contributed by atoms with Crippen LogP contribution >= 0.6 is 11.6 Å². The maximum absolute atomic E-state index is 12.0. The van der Waals surface area contributed by atoms with E-state index in [1.807, 2.05) is 53.9 Å². The van der Waals surface area contributed by atoms with Gasteiger partial charge in [0, 0.05) is 23.2 Å². The highest BCUT2D eigenvalue weighted by Gasteiger charge is 2.22. The van der Waals surface area contributed by atoms with Gasteiger partial charge in [-0.2, -0.15) is 0 Å². The molecule has 130 valence electrons. The van der Waals surface area contributed by atoms with Crippen molar-refractivity contribution in [2.45, 2.75) is 26.3 Å². The normalized spacial score (nSPS) is 12.3. The first-order chi connectivity index (χ1) is 12.0. The van der Waals surface area contributed by atoms with Crippen molar-refractivity contribution in [3.05, 3.63) is 58.9 Å². The molecule has 3 rings (SSSR count). The molecule has 0 fully saturated rings. The van der Waals surface area contributed by atoms with Crippen LogP contribution in [0.4, 0.5) is 0 Å². The van der Waals surface area contributed by atoms with Crippen LogP contribution in [-0.4, -0.2) is 28.0 Å². The number of halogens is 1. The summed E-state index contributed by atoms with van der Waals surface area (Å²) in [5.74, 6) is -0.410. The van der Waals surface area contributed by atoms with Gasteiger partial charge in [-0.15, -0.1) is 0 Å². The van der Waals surface area contributed by atoms with Crippen molar-refractivity contribution >= 4 is 23.2 Å². The molecule has 1 aromatic carbocycles. The molecule has 0 saturated carbocycles. The molecule has 3 aromatic rings. The molecule has 5 nitrogen and oxygen atoms in total. The lowest BCUT2D eigenvalue weighted by Crippen LogP contribution is -2.34. The van der Waals surface area contributed by atoms with E-state index in [4.69, 9.17) is 27.1 Å². The molecule has 0 aliphatic carbocycles. The number of nitrogens with two attached hydrogens (primary N) is 1. The summed E-state index contributed by atoms with van der Waals surface area (Å²) < 4.78 is 7.02. The van der Waals surface area contributed by atoms with Gasteiger partial charge in [0.1, 0.15) is 11.7 Å². The first kappa shape index (κ1) is 17.5. The van der Waals surface area contributed by atoms with E-state index in [9.17, 15) is 4.79 Å². The van der Waals surface area contributed by atoms with E-state index in [0.29, 0.717) is 18.1 Å². The van der Waals surface area contributed by atoms with Crippen molar-refractivity contribution in [2.24, 2.45) is 5.73 Å². The number of hydrogen-bond acceptors (Lipinski definition) is 4. The second-order valence-electron chi connectivity index (χ2n) is 5.86. The molecule has 0 radical (unpaired) electrons. The van der Waals surface area contributed by atoms with E-state index < -0.39 is 12.0 Å². The van der Waals surface area contributed by atoms with E-state index in [0.717, 1.165) is 28.2 Å². The number of aryl methyl sites for hydroxylation is 1. The summed E-state index contributed by atoms with van der Waals surface area (Å²) in [7, 11) is 0. The molecule has 1 unspecified atom stereocenters. The number of imidazole rings is 1. The summed E-state index contributed by atoms with van der Waals surface area (Å²) >= 11 is 6.00. The third kappa shape index (κ3) is 3.52. The van der Waals surface area contributed by atoms with Crippen LogP contribution in [0.25, 0.3) is 16.9 Å². The van der Waals surface area contributed by atoms with E-state index in [1.54, 1.807) is 6.92 Å². The Kier molecular flexibility index (Phi) is 5.06. The maximum Gasteiger partial charge on any atom is 0.323 e. The van der Waals surface area contributed by atoms with Gasteiger partial charge in [-0.3, -0.25) is 4.79 Å². The largest absolute Gasteiger partial charge is 0.465 e. The Hall–Kier alpha value is -2.37. The second-order valence-corrected chi connectivity index (χ2v) is 6.30. The van der Waals surface area contributed by atoms with Gasteiger partial charge in [-0.05, 0) is 37.6 Å². The zero-order valence-electron chi connectivity index (χ0n) is 14.2. The number of rotatable bonds is 5. The topological polar surface area (TPSA) is 69.6 Å². The summed E-state index contributed by atoms with van der Waals surface area (Å²) in [4.78, 5) is 16.8. The van der Waals surface area contributed by atoms with Crippen LogP contribution in [-0.2, 0) is 16.0 Å². The molecule has 0 saturated heterocycles. The number of hydrogen-bond donors (Lipinski definition) is 1. The first-order valence-electron chi connectivity index (χ1n) is 8.16.